The Morgan fingerprint density at radius 3 is 2.36 bits per heavy atom. The van der Waals surface area contributed by atoms with Crippen molar-refractivity contribution in [2.75, 3.05) is 20.8 Å². The van der Waals surface area contributed by atoms with Gasteiger partial charge in [-0.3, -0.25) is 9.69 Å². The second-order valence-corrected chi connectivity index (χ2v) is 8.59. The maximum Gasteiger partial charge on any atom is 0.239 e. The van der Waals surface area contributed by atoms with Crippen LogP contribution in [0.5, 0.6) is 11.5 Å². The van der Waals surface area contributed by atoms with Crippen molar-refractivity contribution in [2.45, 2.75) is 38.3 Å². The summed E-state index contributed by atoms with van der Waals surface area (Å²) in [5.74, 6) is 1.11. The normalized spacial score (nSPS) is 16.6. The number of nitrogens with two attached hydrogens (primary N) is 1. The highest BCUT2D eigenvalue weighted by Gasteiger charge is 2.36. The largest absolute Gasteiger partial charge is 0.493 e. The third kappa shape index (κ3) is 4.74. The number of hydrogen-bond donors (Lipinski definition) is 1. The minimum absolute atomic E-state index is 0.0193. The number of rotatable bonds is 8. The van der Waals surface area contributed by atoms with Gasteiger partial charge in [0.05, 0.1) is 14.2 Å². The molecule has 33 heavy (non-hydrogen) atoms. The van der Waals surface area contributed by atoms with Gasteiger partial charge in [-0.25, -0.2) is 0 Å². The zero-order valence-electron chi connectivity index (χ0n) is 19.6. The van der Waals surface area contributed by atoms with E-state index in [0.717, 1.165) is 37.1 Å². The first-order valence-corrected chi connectivity index (χ1v) is 11.4. The molecule has 5 nitrogen and oxygen atoms in total. The fourth-order valence-corrected chi connectivity index (χ4v) is 5.02. The number of primary amides is 1. The molecule has 2 atom stereocenters. The van der Waals surface area contributed by atoms with E-state index in [0.29, 0.717) is 5.75 Å². The third-order valence-corrected chi connectivity index (χ3v) is 6.71. The van der Waals surface area contributed by atoms with Crippen molar-refractivity contribution < 1.29 is 14.3 Å². The van der Waals surface area contributed by atoms with Gasteiger partial charge in [0, 0.05) is 12.6 Å². The zero-order valence-corrected chi connectivity index (χ0v) is 19.6. The molecular weight excluding hydrogens is 412 g/mol. The van der Waals surface area contributed by atoms with Gasteiger partial charge in [-0.2, -0.15) is 0 Å². The monoisotopic (exact) mass is 444 g/mol. The van der Waals surface area contributed by atoms with E-state index in [9.17, 15) is 4.79 Å². The molecule has 0 fully saturated rings. The number of benzene rings is 3. The Morgan fingerprint density at radius 1 is 1.03 bits per heavy atom. The van der Waals surface area contributed by atoms with E-state index in [1.54, 1.807) is 14.2 Å². The van der Waals surface area contributed by atoms with Crippen molar-refractivity contribution in [1.29, 1.82) is 0 Å². The van der Waals surface area contributed by atoms with Crippen LogP contribution >= 0.6 is 0 Å². The number of fused-ring (bicyclic) bond motifs is 1. The molecule has 4 rings (SSSR count). The summed E-state index contributed by atoms with van der Waals surface area (Å²) >= 11 is 0. The lowest BCUT2D eigenvalue weighted by Gasteiger charge is -2.41. The lowest BCUT2D eigenvalue weighted by atomic mass is 9.86. The van der Waals surface area contributed by atoms with Crippen molar-refractivity contribution in [3.05, 3.63) is 94.5 Å². The van der Waals surface area contributed by atoms with Crippen LogP contribution < -0.4 is 15.2 Å². The lowest BCUT2D eigenvalue weighted by molar-refractivity contribution is -0.124. The highest BCUT2D eigenvalue weighted by Crippen LogP contribution is 2.43. The van der Waals surface area contributed by atoms with E-state index in [4.69, 9.17) is 15.2 Å². The zero-order chi connectivity index (χ0) is 23.4. The van der Waals surface area contributed by atoms with Gasteiger partial charge in [-0.05, 0) is 66.1 Å². The summed E-state index contributed by atoms with van der Waals surface area (Å²) < 4.78 is 11.2. The Kier molecular flexibility index (Phi) is 6.99. The molecule has 0 radical (unpaired) electrons. The maximum atomic E-state index is 12.7. The molecule has 1 amide bonds. The molecule has 0 bridgehead atoms. The first kappa shape index (κ1) is 22.9. The minimum Gasteiger partial charge on any atom is -0.493 e. The summed E-state index contributed by atoms with van der Waals surface area (Å²) in [6.07, 6.45) is 2.58. The van der Waals surface area contributed by atoms with Crippen molar-refractivity contribution >= 4 is 5.91 Å². The summed E-state index contributed by atoms with van der Waals surface area (Å²) in [5.41, 5.74) is 11.9. The topological polar surface area (TPSA) is 64.8 Å². The first-order valence-electron chi connectivity index (χ1n) is 11.4. The van der Waals surface area contributed by atoms with E-state index in [1.165, 1.54) is 22.3 Å². The smallest absolute Gasteiger partial charge is 0.239 e. The van der Waals surface area contributed by atoms with Gasteiger partial charge < -0.3 is 15.2 Å². The number of carbonyl (C=O) groups excluding carboxylic acids is 1. The van der Waals surface area contributed by atoms with E-state index < -0.39 is 6.04 Å². The second kappa shape index (κ2) is 10.1. The predicted octanol–water partition coefficient (Wildman–Crippen LogP) is 4.77. The number of aryl methyl sites for hydroxylation is 2. The van der Waals surface area contributed by atoms with E-state index in [1.807, 2.05) is 30.3 Å². The Labute approximate surface area is 196 Å². The van der Waals surface area contributed by atoms with Gasteiger partial charge >= 0.3 is 0 Å². The standard InChI is InChI=1S/C28H32N2O3/c1-19-9-7-8-10-20(19)13-14-24-23-18-26(33-3)25(32-2)17-22(23)15-16-30(24)27(28(29)31)21-11-5-4-6-12-21/h4-12,17-18,24,27H,13-16H2,1-3H3,(H2,29,31)/t24-,27+/m0/s1. The van der Waals surface area contributed by atoms with E-state index in [-0.39, 0.29) is 11.9 Å². The molecule has 0 unspecified atom stereocenters. The van der Waals surface area contributed by atoms with Gasteiger partial charge in [0.1, 0.15) is 6.04 Å². The van der Waals surface area contributed by atoms with Crippen LogP contribution in [0.25, 0.3) is 0 Å². The number of nitrogens with zero attached hydrogens (tertiary/aromatic N) is 1. The molecule has 3 aromatic carbocycles. The Bertz CT molecular complexity index is 1110. The molecule has 1 aliphatic rings. The third-order valence-electron chi connectivity index (χ3n) is 6.71. The summed E-state index contributed by atoms with van der Waals surface area (Å²) in [5, 5.41) is 0. The summed E-state index contributed by atoms with van der Waals surface area (Å²) in [6, 6.07) is 22.0. The number of amides is 1. The average molecular weight is 445 g/mol. The molecule has 0 saturated heterocycles. The molecule has 0 saturated carbocycles. The lowest BCUT2D eigenvalue weighted by Crippen LogP contribution is -2.44. The minimum atomic E-state index is -0.491. The molecule has 0 spiro atoms. The van der Waals surface area contributed by atoms with Crippen molar-refractivity contribution in [3.63, 3.8) is 0 Å². The molecule has 3 aromatic rings. The van der Waals surface area contributed by atoms with Gasteiger partial charge in [0.25, 0.3) is 0 Å². The number of carbonyl (C=O) groups is 1. The fourth-order valence-electron chi connectivity index (χ4n) is 5.02. The predicted molar refractivity (Wildman–Crippen MR) is 131 cm³/mol. The van der Waals surface area contributed by atoms with Gasteiger partial charge in [-0.15, -0.1) is 0 Å². The number of hydrogen-bond acceptors (Lipinski definition) is 4. The highest BCUT2D eigenvalue weighted by atomic mass is 16.5. The van der Waals surface area contributed by atoms with Gasteiger partial charge in [0.15, 0.2) is 11.5 Å². The fraction of sp³-hybridized carbons (Fsp3) is 0.321. The Morgan fingerprint density at radius 2 is 1.70 bits per heavy atom. The molecule has 1 aliphatic heterocycles. The maximum absolute atomic E-state index is 12.7. The van der Waals surface area contributed by atoms with Crippen LogP contribution in [0, 0.1) is 6.92 Å². The van der Waals surface area contributed by atoms with Crippen LogP contribution in [0.1, 0.15) is 46.3 Å². The molecule has 5 heteroatoms. The quantitative estimate of drug-likeness (QED) is 0.544. The molecule has 172 valence electrons. The Hall–Kier alpha value is -3.31. The molecule has 0 aliphatic carbocycles. The SMILES string of the molecule is COc1cc2c(cc1OC)[C@H](CCc1ccccc1C)N([C@@H](C(N)=O)c1ccccc1)CC2. The second-order valence-electron chi connectivity index (χ2n) is 8.59. The van der Waals surface area contributed by atoms with Crippen LogP contribution in [0.4, 0.5) is 0 Å². The molecule has 1 heterocycles. The van der Waals surface area contributed by atoms with Crippen LogP contribution in [-0.2, 0) is 17.6 Å². The van der Waals surface area contributed by atoms with Crippen molar-refractivity contribution in [3.8, 4) is 11.5 Å². The average Bonchev–Trinajstić information content (AvgIpc) is 2.83. The van der Waals surface area contributed by atoms with Crippen LogP contribution in [0.2, 0.25) is 0 Å². The number of methoxy groups -OCH3 is 2. The van der Waals surface area contributed by atoms with E-state index >= 15 is 0 Å². The van der Waals surface area contributed by atoms with Crippen LogP contribution in [0.15, 0.2) is 66.7 Å². The molecular formula is C28H32N2O3. The summed E-state index contributed by atoms with van der Waals surface area (Å²) in [7, 11) is 3.32. The van der Waals surface area contributed by atoms with Crippen molar-refractivity contribution in [2.24, 2.45) is 5.73 Å². The molecule has 2 N–H and O–H groups in total. The molecule has 0 aromatic heterocycles. The van der Waals surface area contributed by atoms with Crippen molar-refractivity contribution in [1.82, 2.24) is 4.90 Å². The summed E-state index contributed by atoms with van der Waals surface area (Å²) in [6.45, 7) is 2.88. The first-order chi connectivity index (χ1) is 16.0. The summed E-state index contributed by atoms with van der Waals surface area (Å²) in [4.78, 5) is 15.0. The Balaban J connectivity index is 1.77. The van der Waals surface area contributed by atoms with E-state index in [2.05, 4.69) is 48.2 Å². The number of ether oxygens (including phenoxy) is 2. The highest BCUT2D eigenvalue weighted by molar-refractivity contribution is 5.81. The van der Waals surface area contributed by atoms with Crippen LogP contribution in [0.3, 0.4) is 0 Å². The van der Waals surface area contributed by atoms with Gasteiger partial charge in [-0.1, -0.05) is 54.6 Å². The van der Waals surface area contributed by atoms with Gasteiger partial charge in [0.2, 0.25) is 5.91 Å². The van der Waals surface area contributed by atoms with Crippen LogP contribution in [-0.4, -0.2) is 31.6 Å².